The Morgan fingerprint density at radius 2 is 2.00 bits per heavy atom. The first kappa shape index (κ1) is 12.3. The summed E-state index contributed by atoms with van der Waals surface area (Å²) in [5.41, 5.74) is 5.76. The maximum absolute atomic E-state index is 4.57. The fourth-order valence-electron chi connectivity index (χ4n) is 2.34. The van der Waals surface area contributed by atoms with Gasteiger partial charge in [0.05, 0.1) is 11.0 Å². The Morgan fingerprint density at radius 1 is 1.16 bits per heavy atom. The lowest BCUT2D eigenvalue weighted by atomic mass is 10.0. The highest BCUT2D eigenvalue weighted by atomic mass is 32.1. The van der Waals surface area contributed by atoms with Gasteiger partial charge in [0, 0.05) is 4.90 Å². The van der Waals surface area contributed by atoms with Crippen LogP contribution in [0.4, 0.5) is 0 Å². The summed E-state index contributed by atoms with van der Waals surface area (Å²) in [5.74, 6) is 0.945. The summed E-state index contributed by atoms with van der Waals surface area (Å²) >= 11 is 4.57. The van der Waals surface area contributed by atoms with Gasteiger partial charge in [-0.05, 0) is 48.2 Å². The Morgan fingerprint density at radius 3 is 2.79 bits per heavy atom. The summed E-state index contributed by atoms with van der Waals surface area (Å²) < 4.78 is 0. The van der Waals surface area contributed by atoms with Gasteiger partial charge in [-0.25, -0.2) is 4.98 Å². The van der Waals surface area contributed by atoms with Crippen molar-refractivity contribution in [3.8, 4) is 11.1 Å². The predicted molar refractivity (Wildman–Crippen MR) is 82.9 cm³/mol. The molecule has 0 aliphatic carbocycles. The summed E-state index contributed by atoms with van der Waals surface area (Å²) in [6.45, 7) is 4.14. The van der Waals surface area contributed by atoms with Gasteiger partial charge in [0.2, 0.25) is 0 Å². The first-order valence-electron chi connectivity index (χ1n) is 6.46. The number of rotatable bonds is 2. The number of nitrogens with one attached hydrogen (secondary N) is 1. The molecule has 3 heteroatoms. The number of hydrogen-bond acceptors (Lipinski definition) is 2. The molecule has 0 aliphatic heterocycles. The van der Waals surface area contributed by atoms with Crippen molar-refractivity contribution in [2.24, 2.45) is 0 Å². The molecular weight excluding hydrogens is 252 g/mol. The molecule has 96 valence electrons. The van der Waals surface area contributed by atoms with Gasteiger partial charge in [0.15, 0.2) is 0 Å². The molecule has 0 bridgehead atoms. The second kappa shape index (κ2) is 4.74. The van der Waals surface area contributed by atoms with Crippen LogP contribution in [0.3, 0.4) is 0 Å². The molecule has 0 atom stereocenters. The van der Waals surface area contributed by atoms with Gasteiger partial charge in [-0.3, -0.25) is 0 Å². The summed E-state index contributed by atoms with van der Waals surface area (Å²) in [5, 5.41) is 0. The minimum absolute atomic E-state index is 0.945. The number of aromatic nitrogens is 2. The van der Waals surface area contributed by atoms with Gasteiger partial charge in [-0.15, -0.1) is 12.6 Å². The highest BCUT2D eigenvalue weighted by molar-refractivity contribution is 7.80. The lowest BCUT2D eigenvalue weighted by Crippen LogP contribution is -1.85. The smallest absolute Gasteiger partial charge is 0.104 e. The molecule has 0 amide bonds. The normalized spacial score (nSPS) is 11.1. The van der Waals surface area contributed by atoms with Crippen LogP contribution in [0.15, 0.2) is 41.3 Å². The van der Waals surface area contributed by atoms with Crippen molar-refractivity contribution in [3.63, 3.8) is 0 Å². The molecule has 2 nitrogen and oxygen atoms in total. The Balaban J connectivity index is 2.17. The topological polar surface area (TPSA) is 28.7 Å². The van der Waals surface area contributed by atoms with E-state index in [4.69, 9.17) is 0 Å². The molecule has 3 aromatic rings. The van der Waals surface area contributed by atoms with Crippen LogP contribution in [-0.4, -0.2) is 9.97 Å². The second-order valence-electron chi connectivity index (χ2n) is 4.76. The SMILES string of the molecule is CCc1ccc(S)c(-c2ccc3nc(C)[nH]c3c2)c1. The third-order valence-electron chi connectivity index (χ3n) is 3.38. The molecule has 1 aromatic heterocycles. The predicted octanol–water partition coefficient (Wildman–Crippen LogP) is 4.39. The third kappa shape index (κ3) is 2.26. The zero-order chi connectivity index (χ0) is 13.4. The van der Waals surface area contributed by atoms with Crippen LogP contribution in [0, 0.1) is 6.92 Å². The van der Waals surface area contributed by atoms with E-state index in [0.29, 0.717) is 0 Å². The van der Waals surface area contributed by atoms with E-state index >= 15 is 0 Å². The van der Waals surface area contributed by atoms with E-state index in [1.807, 2.05) is 6.92 Å². The zero-order valence-corrected chi connectivity index (χ0v) is 12.0. The molecule has 0 fully saturated rings. The maximum Gasteiger partial charge on any atom is 0.104 e. The summed E-state index contributed by atoms with van der Waals surface area (Å²) in [7, 11) is 0. The van der Waals surface area contributed by atoms with Crippen molar-refractivity contribution >= 4 is 23.7 Å². The number of thiol groups is 1. The zero-order valence-electron chi connectivity index (χ0n) is 11.1. The van der Waals surface area contributed by atoms with E-state index in [1.54, 1.807) is 0 Å². The van der Waals surface area contributed by atoms with Crippen molar-refractivity contribution in [3.05, 3.63) is 47.8 Å². The van der Waals surface area contributed by atoms with Crippen LogP contribution in [0.2, 0.25) is 0 Å². The number of aryl methyl sites for hydroxylation is 2. The summed E-state index contributed by atoms with van der Waals surface area (Å²) in [6.07, 6.45) is 1.03. The molecule has 0 saturated carbocycles. The van der Waals surface area contributed by atoms with Gasteiger partial charge in [0.25, 0.3) is 0 Å². The number of fused-ring (bicyclic) bond motifs is 1. The van der Waals surface area contributed by atoms with Crippen LogP contribution < -0.4 is 0 Å². The van der Waals surface area contributed by atoms with Gasteiger partial charge >= 0.3 is 0 Å². The lowest BCUT2D eigenvalue weighted by molar-refractivity contribution is 1.13. The first-order chi connectivity index (χ1) is 9.17. The maximum atomic E-state index is 4.57. The molecule has 2 aromatic carbocycles. The molecule has 0 spiro atoms. The summed E-state index contributed by atoms with van der Waals surface area (Å²) in [4.78, 5) is 8.72. The highest BCUT2D eigenvalue weighted by Gasteiger charge is 2.06. The number of benzene rings is 2. The average molecular weight is 268 g/mol. The van der Waals surface area contributed by atoms with Gasteiger partial charge in [0.1, 0.15) is 5.82 Å². The van der Waals surface area contributed by atoms with E-state index < -0.39 is 0 Å². The van der Waals surface area contributed by atoms with E-state index in [1.165, 1.54) is 16.7 Å². The van der Waals surface area contributed by atoms with Crippen molar-refractivity contribution in [1.29, 1.82) is 0 Å². The van der Waals surface area contributed by atoms with Crippen LogP contribution in [-0.2, 0) is 6.42 Å². The highest BCUT2D eigenvalue weighted by Crippen LogP contribution is 2.29. The van der Waals surface area contributed by atoms with Crippen LogP contribution in [0.25, 0.3) is 22.2 Å². The molecule has 1 N–H and O–H groups in total. The number of H-pyrrole nitrogens is 1. The van der Waals surface area contributed by atoms with Crippen LogP contribution in [0.1, 0.15) is 18.3 Å². The minimum Gasteiger partial charge on any atom is -0.342 e. The van der Waals surface area contributed by atoms with Crippen LogP contribution >= 0.6 is 12.6 Å². The minimum atomic E-state index is 0.945. The first-order valence-corrected chi connectivity index (χ1v) is 6.90. The number of aromatic amines is 1. The molecule has 0 saturated heterocycles. The monoisotopic (exact) mass is 268 g/mol. The largest absolute Gasteiger partial charge is 0.342 e. The molecular formula is C16H16N2S. The van der Waals surface area contributed by atoms with Gasteiger partial charge < -0.3 is 4.98 Å². The van der Waals surface area contributed by atoms with Crippen molar-refractivity contribution in [2.45, 2.75) is 25.2 Å². The fraction of sp³-hybridized carbons (Fsp3) is 0.188. The second-order valence-corrected chi connectivity index (χ2v) is 5.24. The Labute approximate surface area is 118 Å². The Hall–Kier alpha value is -1.74. The molecule has 0 radical (unpaired) electrons. The van der Waals surface area contributed by atoms with Gasteiger partial charge in [-0.2, -0.15) is 0 Å². The van der Waals surface area contributed by atoms with Gasteiger partial charge in [-0.1, -0.05) is 25.1 Å². The fourth-order valence-corrected chi connectivity index (χ4v) is 2.61. The van der Waals surface area contributed by atoms with Crippen molar-refractivity contribution in [2.75, 3.05) is 0 Å². The lowest BCUT2D eigenvalue weighted by Gasteiger charge is -2.07. The number of hydrogen-bond donors (Lipinski definition) is 2. The number of nitrogens with zero attached hydrogens (tertiary/aromatic N) is 1. The quantitative estimate of drug-likeness (QED) is 0.663. The van der Waals surface area contributed by atoms with Crippen LogP contribution in [0.5, 0.6) is 0 Å². The van der Waals surface area contributed by atoms with E-state index in [9.17, 15) is 0 Å². The molecule has 1 heterocycles. The Kier molecular flexibility index (Phi) is 3.07. The summed E-state index contributed by atoms with van der Waals surface area (Å²) in [6, 6.07) is 12.7. The molecule has 0 aliphatic rings. The Bertz CT molecular complexity index is 744. The third-order valence-corrected chi connectivity index (χ3v) is 3.77. The van der Waals surface area contributed by atoms with E-state index in [0.717, 1.165) is 28.2 Å². The molecule has 19 heavy (non-hydrogen) atoms. The van der Waals surface area contributed by atoms with Crippen molar-refractivity contribution < 1.29 is 0 Å². The van der Waals surface area contributed by atoms with Crippen molar-refractivity contribution in [1.82, 2.24) is 9.97 Å². The average Bonchev–Trinajstić information content (AvgIpc) is 2.78. The molecule has 3 rings (SSSR count). The standard InChI is InChI=1S/C16H16N2S/c1-3-11-4-7-16(19)13(8-11)12-5-6-14-15(9-12)18-10(2)17-14/h4-9,19H,3H2,1-2H3,(H,17,18). The molecule has 0 unspecified atom stereocenters. The van der Waals surface area contributed by atoms with E-state index in [2.05, 4.69) is 65.9 Å². The number of imidazole rings is 1. The van der Waals surface area contributed by atoms with E-state index in [-0.39, 0.29) is 0 Å².